The van der Waals surface area contributed by atoms with E-state index in [1.165, 1.54) is 105 Å². The molecule has 0 spiro atoms. The lowest BCUT2D eigenvalue weighted by Gasteiger charge is -2.12. The summed E-state index contributed by atoms with van der Waals surface area (Å²) < 4.78 is 1.48. The monoisotopic (exact) mass is 498 g/mol. The minimum absolute atomic E-state index is 0.918. The number of aryl methyl sites for hydroxylation is 2. The third-order valence-corrected chi connectivity index (χ3v) is 7.67. The molecule has 37 heavy (non-hydrogen) atoms. The second-order valence-corrected chi connectivity index (χ2v) is 10.9. The number of unbranched alkanes of at least 4 members (excludes halogenated alkanes) is 10. The van der Waals surface area contributed by atoms with E-state index in [4.69, 9.17) is 0 Å². The highest BCUT2D eigenvalue weighted by Crippen LogP contribution is 2.38. The summed E-state index contributed by atoms with van der Waals surface area (Å²) in [6.07, 6.45) is 22.0. The zero-order chi connectivity index (χ0) is 26.3. The molecule has 2 aromatic carbocycles. The molecule has 0 saturated carbocycles. The number of benzene rings is 2. The molecule has 0 saturated heterocycles. The summed E-state index contributed by atoms with van der Waals surface area (Å²) in [7, 11) is 0. The molecule has 0 aromatic heterocycles. The lowest BCUT2D eigenvalue weighted by Crippen LogP contribution is -2.03. The number of rotatable bonds is 18. The first kappa shape index (κ1) is 29.1. The Morgan fingerprint density at radius 1 is 0.568 bits per heavy atom. The van der Waals surface area contributed by atoms with Crippen molar-refractivity contribution in [1.29, 1.82) is 0 Å². The van der Waals surface area contributed by atoms with Crippen molar-refractivity contribution >= 4 is 11.4 Å². The van der Waals surface area contributed by atoms with Crippen molar-refractivity contribution in [2.24, 2.45) is 0 Å². The van der Waals surface area contributed by atoms with E-state index in [0.29, 0.717) is 0 Å². The maximum atomic E-state index is 11.5. The predicted molar refractivity (Wildman–Crippen MR) is 160 cm³/mol. The summed E-state index contributed by atoms with van der Waals surface area (Å²) in [6, 6.07) is 17.7. The van der Waals surface area contributed by atoms with Gasteiger partial charge in [-0.2, -0.15) is 0 Å². The van der Waals surface area contributed by atoms with Crippen LogP contribution in [-0.2, 0) is 12.8 Å². The Balaban J connectivity index is 1.80. The SMILES string of the molecule is CCCCCCCCCC1=C(c2cccc(CCCCC)c2)[N+](=[N-])C(c2cccc(CCCCC)c2)=C1. The normalized spacial score (nSPS) is 13.5. The van der Waals surface area contributed by atoms with Crippen molar-refractivity contribution in [3.63, 3.8) is 0 Å². The van der Waals surface area contributed by atoms with Crippen LogP contribution < -0.4 is 0 Å². The molecular weight excluding hydrogens is 448 g/mol. The van der Waals surface area contributed by atoms with E-state index in [1.54, 1.807) is 0 Å². The maximum Gasteiger partial charge on any atom is 0.210 e. The molecule has 2 heteroatoms. The highest BCUT2D eigenvalue weighted by Gasteiger charge is 2.28. The quantitative estimate of drug-likeness (QED) is 0.144. The van der Waals surface area contributed by atoms with Crippen molar-refractivity contribution in [2.75, 3.05) is 0 Å². The Morgan fingerprint density at radius 3 is 1.68 bits per heavy atom. The second-order valence-electron chi connectivity index (χ2n) is 10.9. The van der Waals surface area contributed by atoms with Gasteiger partial charge in [-0.3, -0.25) is 0 Å². The minimum atomic E-state index is 0.918. The average Bonchev–Trinajstić information content (AvgIpc) is 3.24. The van der Waals surface area contributed by atoms with E-state index in [2.05, 4.69) is 75.4 Å². The van der Waals surface area contributed by atoms with Gasteiger partial charge in [0, 0.05) is 22.8 Å². The summed E-state index contributed by atoms with van der Waals surface area (Å²) in [5.41, 5.74) is 19.7. The molecule has 0 radical (unpaired) electrons. The molecule has 1 aliphatic rings. The van der Waals surface area contributed by atoms with Gasteiger partial charge in [0.05, 0.1) is 0 Å². The number of nitrogens with zero attached hydrogens (tertiary/aromatic N) is 2. The maximum absolute atomic E-state index is 11.5. The highest BCUT2D eigenvalue weighted by molar-refractivity contribution is 5.78. The van der Waals surface area contributed by atoms with Crippen LogP contribution in [0.2, 0.25) is 0 Å². The fourth-order valence-electron chi connectivity index (χ4n) is 5.45. The summed E-state index contributed by atoms with van der Waals surface area (Å²) >= 11 is 0. The Bertz CT molecular complexity index is 1040. The van der Waals surface area contributed by atoms with Crippen LogP contribution in [0.15, 0.2) is 60.2 Å². The van der Waals surface area contributed by atoms with Gasteiger partial charge in [0.2, 0.25) is 11.4 Å². The molecule has 0 bridgehead atoms. The molecule has 0 fully saturated rings. The van der Waals surface area contributed by atoms with Crippen LogP contribution in [0.25, 0.3) is 16.9 Å². The van der Waals surface area contributed by atoms with Gasteiger partial charge in [-0.05, 0) is 73.9 Å². The largest absolute Gasteiger partial charge is 0.493 e. The van der Waals surface area contributed by atoms with Crippen molar-refractivity contribution in [3.8, 4) is 0 Å². The van der Waals surface area contributed by atoms with Crippen LogP contribution in [-0.4, -0.2) is 4.70 Å². The number of hydrogen-bond donors (Lipinski definition) is 0. The van der Waals surface area contributed by atoms with Gasteiger partial charge < -0.3 is 5.53 Å². The van der Waals surface area contributed by atoms with Crippen LogP contribution in [0.3, 0.4) is 0 Å². The van der Waals surface area contributed by atoms with Crippen molar-refractivity contribution in [2.45, 2.75) is 124 Å². The molecule has 0 N–H and O–H groups in total. The molecular formula is C35H50N2. The molecule has 0 atom stereocenters. The number of hydrogen-bond acceptors (Lipinski definition) is 0. The molecule has 3 rings (SSSR count). The first-order valence-corrected chi connectivity index (χ1v) is 15.3. The second kappa shape index (κ2) is 16.4. The number of allylic oxidation sites excluding steroid dienone is 2. The topological polar surface area (TPSA) is 25.3 Å². The minimum Gasteiger partial charge on any atom is -0.493 e. The summed E-state index contributed by atoms with van der Waals surface area (Å²) in [4.78, 5) is 0. The summed E-state index contributed by atoms with van der Waals surface area (Å²) in [5, 5.41) is 0. The van der Waals surface area contributed by atoms with E-state index >= 15 is 0 Å². The van der Waals surface area contributed by atoms with Crippen LogP contribution in [0.1, 0.15) is 133 Å². The van der Waals surface area contributed by atoms with E-state index in [9.17, 15) is 5.53 Å². The van der Waals surface area contributed by atoms with Crippen LogP contribution in [0, 0.1) is 0 Å². The first-order chi connectivity index (χ1) is 18.2. The predicted octanol–water partition coefficient (Wildman–Crippen LogP) is 11.1. The molecule has 2 nitrogen and oxygen atoms in total. The molecule has 200 valence electrons. The Kier molecular flexibility index (Phi) is 12.9. The lowest BCUT2D eigenvalue weighted by molar-refractivity contribution is -0.344. The van der Waals surface area contributed by atoms with E-state index in [-0.39, 0.29) is 0 Å². The van der Waals surface area contributed by atoms with Crippen molar-refractivity contribution in [3.05, 3.63) is 88.0 Å². The van der Waals surface area contributed by atoms with Gasteiger partial charge in [0.25, 0.3) is 0 Å². The Hall–Kier alpha value is -2.48. The third-order valence-electron chi connectivity index (χ3n) is 7.67. The third kappa shape index (κ3) is 9.09. The Morgan fingerprint density at radius 2 is 1.05 bits per heavy atom. The van der Waals surface area contributed by atoms with E-state index in [0.717, 1.165) is 41.8 Å². The van der Waals surface area contributed by atoms with Crippen LogP contribution in [0.4, 0.5) is 0 Å². The van der Waals surface area contributed by atoms with Gasteiger partial charge in [-0.15, -0.1) is 0 Å². The van der Waals surface area contributed by atoms with Gasteiger partial charge in [0.1, 0.15) is 0 Å². The van der Waals surface area contributed by atoms with Gasteiger partial charge in [-0.25, -0.2) is 4.70 Å². The Labute approximate surface area is 227 Å². The zero-order valence-electron chi connectivity index (χ0n) is 23.9. The van der Waals surface area contributed by atoms with Crippen LogP contribution >= 0.6 is 0 Å². The molecule has 2 aromatic rings. The van der Waals surface area contributed by atoms with E-state index < -0.39 is 0 Å². The highest BCUT2D eigenvalue weighted by atomic mass is 15.2. The van der Waals surface area contributed by atoms with E-state index in [1.807, 2.05) is 0 Å². The van der Waals surface area contributed by atoms with Crippen molar-refractivity contribution < 1.29 is 4.70 Å². The molecule has 1 heterocycles. The van der Waals surface area contributed by atoms with Crippen molar-refractivity contribution in [1.82, 2.24) is 0 Å². The fraction of sp³-hybridized carbons (Fsp3) is 0.543. The fourth-order valence-corrected chi connectivity index (χ4v) is 5.45. The molecule has 0 amide bonds. The molecule has 0 aliphatic carbocycles. The van der Waals surface area contributed by atoms with Crippen LogP contribution in [0.5, 0.6) is 0 Å². The summed E-state index contributed by atoms with van der Waals surface area (Å²) in [6.45, 7) is 6.78. The lowest BCUT2D eigenvalue weighted by atomic mass is 9.98. The molecule has 1 aliphatic heterocycles. The standard InChI is InChI=1S/C35H50N2/c1-4-7-10-11-12-13-16-23-33-28-34(31-24-17-21-29(26-31)19-14-8-5-2)37(36)35(33)32-25-18-22-30(27-32)20-15-9-6-3/h17-18,21-22,24-28H,4-16,19-20,23H2,1-3H3. The summed E-state index contributed by atoms with van der Waals surface area (Å²) in [5.74, 6) is 0. The van der Waals surface area contributed by atoms with Gasteiger partial charge in [0.15, 0.2) is 0 Å². The first-order valence-electron chi connectivity index (χ1n) is 15.3. The zero-order valence-corrected chi connectivity index (χ0v) is 23.9. The van der Waals surface area contributed by atoms with Gasteiger partial charge >= 0.3 is 0 Å². The smallest absolute Gasteiger partial charge is 0.210 e. The average molecular weight is 499 g/mol. The molecule has 0 unspecified atom stereocenters. The van der Waals surface area contributed by atoms with Gasteiger partial charge in [-0.1, -0.05) is 109 Å².